The predicted octanol–water partition coefficient (Wildman–Crippen LogP) is -1.45. The lowest BCUT2D eigenvalue weighted by Gasteiger charge is -2.20. The molecule has 7 N–H and O–H groups in total. The SMILES string of the molecule is COCCNC(=O)c1ccc(C2(N)N=C(N)NN2)cc1. The molecule has 1 aliphatic rings. The van der Waals surface area contributed by atoms with Crippen LogP contribution in [-0.4, -0.2) is 32.1 Å². The quantitative estimate of drug-likeness (QED) is 0.420. The van der Waals surface area contributed by atoms with Crippen LogP contribution in [0.25, 0.3) is 0 Å². The van der Waals surface area contributed by atoms with Gasteiger partial charge in [-0.2, -0.15) is 5.43 Å². The van der Waals surface area contributed by atoms with E-state index in [2.05, 4.69) is 21.2 Å². The maximum atomic E-state index is 11.8. The van der Waals surface area contributed by atoms with Gasteiger partial charge in [0.05, 0.1) is 6.61 Å². The average Bonchev–Trinajstić information content (AvgIpc) is 2.80. The lowest BCUT2D eigenvalue weighted by molar-refractivity contribution is 0.0937. The van der Waals surface area contributed by atoms with Crippen molar-refractivity contribution in [1.82, 2.24) is 16.2 Å². The summed E-state index contributed by atoms with van der Waals surface area (Å²) in [6.07, 6.45) is 0. The summed E-state index contributed by atoms with van der Waals surface area (Å²) in [4.78, 5) is 15.9. The Hall–Kier alpha value is -2.16. The van der Waals surface area contributed by atoms with Gasteiger partial charge in [0.15, 0.2) is 0 Å². The number of hydrazine groups is 1. The van der Waals surface area contributed by atoms with Gasteiger partial charge in [-0.15, -0.1) is 0 Å². The van der Waals surface area contributed by atoms with Gasteiger partial charge >= 0.3 is 0 Å². The van der Waals surface area contributed by atoms with E-state index in [4.69, 9.17) is 16.2 Å². The maximum Gasteiger partial charge on any atom is 0.251 e. The van der Waals surface area contributed by atoms with Crippen LogP contribution >= 0.6 is 0 Å². The molecular weight excluding hydrogens is 260 g/mol. The number of ether oxygens (including phenoxy) is 1. The number of aliphatic imine (C=N–C) groups is 1. The largest absolute Gasteiger partial charge is 0.383 e. The van der Waals surface area contributed by atoms with Crippen molar-refractivity contribution < 1.29 is 9.53 Å². The number of rotatable bonds is 5. The molecule has 8 nitrogen and oxygen atoms in total. The zero-order chi connectivity index (χ0) is 14.6. The third-order valence-electron chi connectivity index (χ3n) is 2.86. The lowest BCUT2D eigenvalue weighted by Crippen LogP contribution is -2.50. The van der Waals surface area contributed by atoms with Gasteiger partial charge < -0.3 is 15.8 Å². The van der Waals surface area contributed by atoms with E-state index in [9.17, 15) is 4.79 Å². The van der Waals surface area contributed by atoms with Crippen molar-refractivity contribution >= 4 is 11.9 Å². The zero-order valence-corrected chi connectivity index (χ0v) is 11.1. The summed E-state index contributed by atoms with van der Waals surface area (Å²) in [5.41, 5.74) is 18.2. The number of nitrogens with one attached hydrogen (secondary N) is 3. The van der Waals surface area contributed by atoms with Crippen LogP contribution in [0.4, 0.5) is 0 Å². The van der Waals surface area contributed by atoms with Crippen LogP contribution in [0.3, 0.4) is 0 Å². The Labute approximate surface area is 116 Å². The van der Waals surface area contributed by atoms with Gasteiger partial charge in [-0.3, -0.25) is 16.0 Å². The summed E-state index contributed by atoms with van der Waals surface area (Å²) in [7, 11) is 1.58. The van der Waals surface area contributed by atoms with Crippen molar-refractivity contribution in [2.75, 3.05) is 20.3 Å². The normalized spacial score (nSPS) is 21.2. The highest BCUT2D eigenvalue weighted by molar-refractivity contribution is 5.94. The summed E-state index contributed by atoms with van der Waals surface area (Å²) < 4.78 is 4.86. The Morgan fingerprint density at radius 1 is 1.45 bits per heavy atom. The smallest absolute Gasteiger partial charge is 0.251 e. The van der Waals surface area contributed by atoms with Crippen molar-refractivity contribution in [2.45, 2.75) is 5.79 Å². The van der Waals surface area contributed by atoms with Gasteiger partial charge in [0.2, 0.25) is 11.7 Å². The van der Waals surface area contributed by atoms with Gasteiger partial charge in [-0.25, -0.2) is 4.99 Å². The van der Waals surface area contributed by atoms with Crippen LogP contribution < -0.4 is 27.6 Å². The third kappa shape index (κ3) is 3.05. The van der Waals surface area contributed by atoms with Crippen LogP contribution in [0.15, 0.2) is 29.3 Å². The van der Waals surface area contributed by atoms with Crippen molar-refractivity contribution in [3.05, 3.63) is 35.4 Å². The number of nitrogens with zero attached hydrogens (tertiary/aromatic N) is 1. The Morgan fingerprint density at radius 2 is 2.15 bits per heavy atom. The fraction of sp³-hybridized carbons (Fsp3) is 0.333. The number of carbonyl (C=O) groups is 1. The summed E-state index contributed by atoms with van der Waals surface area (Å²) in [5.74, 6) is -1.07. The zero-order valence-electron chi connectivity index (χ0n) is 11.1. The first-order valence-corrected chi connectivity index (χ1v) is 6.10. The molecule has 2 rings (SSSR count). The number of methoxy groups -OCH3 is 1. The first-order chi connectivity index (χ1) is 9.55. The summed E-state index contributed by atoms with van der Waals surface area (Å²) >= 11 is 0. The second kappa shape index (κ2) is 5.87. The molecule has 1 aromatic rings. The molecule has 1 aliphatic heterocycles. The Bertz CT molecular complexity index is 515. The van der Waals surface area contributed by atoms with Crippen LogP contribution in [0.1, 0.15) is 15.9 Å². The molecule has 0 fully saturated rings. The fourth-order valence-corrected chi connectivity index (χ4v) is 1.79. The third-order valence-corrected chi connectivity index (χ3v) is 2.86. The number of hydrogen-bond donors (Lipinski definition) is 5. The van der Waals surface area contributed by atoms with Crippen molar-refractivity contribution in [3.63, 3.8) is 0 Å². The number of carbonyl (C=O) groups excluding carboxylic acids is 1. The number of amides is 1. The first-order valence-electron chi connectivity index (χ1n) is 6.10. The van der Waals surface area contributed by atoms with E-state index in [0.29, 0.717) is 24.3 Å². The van der Waals surface area contributed by atoms with E-state index in [1.165, 1.54) is 0 Å². The molecular formula is C12H18N6O2. The number of guanidine groups is 1. The van der Waals surface area contributed by atoms with E-state index in [1.807, 2.05) is 0 Å². The highest BCUT2D eigenvalue weighted by Gasteiger charge is 2.31. The Kier molecular flexibility index (Phi) is 4.18. The van der Waals surface area contributed by atoms with E-state index in [0.717, 1.165) is 0 Å². The van der Waals surface area contributed by atoms with Crippen molar-refractivity contribution in [3.8, 4) is 0 Å². The fourth-order valence-electron chi connectivity index (χ4n) is 1.79. The molecule has 1 atom stereocenters. The summed E-state index contributed by atoms with van der Waals surface area (Å²) in [6.45, 7) is 0.934. The number of hydrogen-bond acceptors (Lipinski definition) is 7. The molecule has 0 radical (unpaired) electrons. The minimum Gasteiger partial charge on any atom is -0.383 e. The van der Waals surface area contributed by atoms with E-state index < -0.39 is 5.79 Å². The topological polar surface area (TPSA) is 127 Å². The summed E-state index contributed by atoms with van der Waals surface area (Å²) in [6, 6.07) is 6.81. The van der Waals surface area contributed by atoms with E-state index in [1.54, 1.807) is 31.4 Å². The Balaban J connectivity index is 2.05. The lowest BCUT2D eigenvalue weighted by atomic mass is 10.1. The van der Waals surface area contributed by atoms with Crippen LogP contribution in [0.2, 0.25) is 0 Å². The minimum atomic E-state index is -1.12. The van der Waals surface area contributed by atoms with Crippen molar-refractivity contribution in [2.24, 2.45) is 16.5 Å². The molecule has 1 heterocycles. The van der Waals surface area contributed by atoms with Gasteiger partial charge in [0, 0.05) is 24.8 Å². The molecule has 1 amide bonds. The van der Waals surface area contributed by atoms with Crippen LogP contribution in [0, 0.1) is 0 Å². The molecule has 0 saturated heterocycles. The highest BCUT2D eigenvalue weighted by Crippen LogP contribution is 2.19. The second-order valence-electron chi connectivity index (χ2n) is 4.34. The molecule has 0 spiro atoms. The van der Waals surface area contributed by atoms with Gasteiger partial charge in [0.25, 0.3) is 5.91 Å². The molecule has 0 bridgehead atoms. The minimum absolute atomic E-state index is 0.166. The molecule has 108 valence electrons. The highest BCUT2D eigenvalue weighted by atomic mass is 16.5. The molecule has 1 unspecified atom stereocenters. The van der Waals surface area contributed by atoms with Gasteiger partial charge in [0.1, 0.15) is 0 Å². The molecule has 0 saturated carbocycles. The monoisotopic (exact) mass is 278 g/mol. The average molecular weight is 278 g/mol. The molecule has 1 aromatic carbocycles. The molecule has 20 heavy (non-hydrogen) atoms. The molecule has 0 aliphatic carbocycles. The van der Waals surface area contributed by atoms with Crippen LogP contribution in [-0.2, 0) is 10.5 Å². The maximum absolute atomic E-state index is 11.8. The van der Waals surface area contributed by atoms with E-state index in [-0.39, 0.29) is 11.9 Å². The van der Waals surface area contributed by atoms with Crippen LogP contribution in [0.5, 0.6) is 0 Å². The Morgan fingerprint density at radius 3 is 2.70 bits per heavy atom. The standard InChI is InChI=1S/C12H18N6O2/c1-20-7-6-15-10(19)8-2-4-9(5-3-8)12(14)16-11(13)17-18-12/h2-5,18H,6-7,14H2,1H3,(H,15,19)(H3,13,16,17). The second-order valence-corrected chi connectivity index (χ2v) is 4.34. The van der Waals surface area contributed by atoms with Crippen molar-refractivity contribution in [1.29, 1.82) is 0 Å². The molecule has 0 aromatic heterocycles. The molecule has 8 heteroatoms. The number of benzene rings is 1. The van der Waals surface area contributed by atoms with Gasteiger partial charge in [-0.05, 0) is 12.1 Å². The van der Waals surface area contributed by atoms with Gasteiger partial charge in [-0.1, -0.05) is 12.1 Å². The predicted molar refractivity (Wildman–Crippen MR) is 74.4 cm³/mol. The first kappa shape index (κ1) is 14.3. The van der Waals surface area contributed by atoms with E-state index >= 15 is 0 Å². The number of nitrogens with two attached hydrogens (primary N) is 2. The summed E-state index contributed by atoms with van der Waals surface area (Å²) in [5, 5.41) is 2.73.